The second-order valence-electron chi connectivity index (χ2n) is 4.69. The first-order chi connectivity index (χ1) is 9.65. The Morgan fingerprint density at radius 2 is 2.30 bits per heavy atom. The Hall–Kier alpha value is -1.56. The number of piperidine rings is 1. The van der Waals surface area contributed by atoms with Gasteiger partial charge in [0.15, 0.2) is 0 Å². The maximum atomic E-state index is 12.4. The Bertz CT molecular complexity index is 485. The molecule has 0 N–H and O–H groups in total. The molecule has 1 aliphatic heterocycles. The van der Waals surface area contributed by atoms with Gasteiger partial charge in [0.05, 0.1) is 24.5 Å². The molecule has 0 saturated carbocycles. The summed E-state index contributed by atoms with van der Waals surface area (Å²) >= 11 is 1.36. The number of carbonyl (C=O) groups excluding carboxylic acids is 2. The molecule has 0 aromatic carbocycles. The van der Waals surface area contributed by atoms with Crippen molar-refractivity contribution in [2.45, 2.75) is 19.8 Å². The van der Waals surface area contributed by atoms with Crippen LogP contribution in [-0.4, -0.2) is 43.6 Å². The molecule has 6 heteroatoms. The fourth-order valence-electron chi connectivity index (χ4n) is 2.31. The maximum absolute atomic E-state index is 12.4. The van der Waals surface area contributed by atoms with E-state index in [1.54, 1.807) is 30.4 Å². The molecule has 1 fully saturated rings. The van der Waals surface area contributed by atoms with E-state index < -0.39 is 0 Å². The van der Waals surface area contributed by atoms with Crippen molar-refractivity contribution in [3.8, 4) is 5.75 Å². The second kappa shape index (κ2) is 6.74. The number of hydrogen-bond donors (Lipinski definition) is 0. The average molecular weight is 297 g/mol. The van der Waals surface area contributed by atoms with Gasteiger partial charge >= 0.3 is 5.97 Å². The molecule has 1 amide bonds. The molecule has 5 nitrogen and oxygen atoms in total. The minimum Gasteiger partial charge on any atom is -0.496 e. The number of carbonyl (C=O) groups is 2. The zero-order valence-electron chi connectivity index (χ0n) is 11.8. The summed E-state index contributed by atoms with van der Waals surface area (Å²) in [5.41, 5.74) is 0. The van der Waals surface area contributed by atoms with E-state index in [-0.39, 0.29) is 17.8 Å². The van der Waals surface area contributed by atoms with Gasteiger partial charge in [-0.05, 0) is 19.8 Å². The van der Waals surface area contributed by atoms with Crippen molar-refractivity contribution in [1.82, 2.24) is 4.90 Å². The molecule has 0 radical (unpaired) electrons. The number of hydrogen-bond acceptors (Lipinski definition) is 5. The van der Waals surface area contributed by atoms with Crippen LogP contribution in [-0.2, 0) is 9.53 Å². The fourth-order valence-corrected chi connectivity index (χ4v) is 3.13. The Labute approximate surface area is 122 Å². The van der Waals surface area contributed by atoms with Crippen molar-refractivity contribution in [2.24, 2.45) is 5.92 Å². The summed E-state index contributed by atoms with van der Waals surface area (Å²) in [7, 11) is 1.58. The Kier molecular flexibility index (Phi) is 5.00. The van der Waals surface area contributed by atoms with Crippen molar-refractivity contribution in [1.29, 1.82) is 0 Å². The van der Waals surface area contributed by atoms with Gasteiger partial charge in [0.25, 0.3) is 5.91 Å². The van der Waals surface area contributed by atoms with E-state index in [9.17, 15) is 9.59 Å². The van der Waals surface area contributed by atoms with Crippen LogP contribution in [0.25, 0.3) is 0 Å². The second-order valence-corrected chi connectivity index (χ2v) is 5.60. The summed E-state index contributed by atoms with van der Waals surface area (Å²) in [6, 6.07) is 1.74. The van der Waals surface area contributed by atoms with Gasteiger partial charge in [-0.25, -0.2) is 0 Å². The minimum atomic E-state index is -0.200. The molecule has 20 heavy (non-hydrogen) atoms. The van der Waals surface area contributed by atoms with E-state index in [0.717, 1.165) is 12.8 Å². The van der Waals surface area contributed by atoms with Crippen molar-refractivity contribution in [2.75, 3.05) is 26.8 Å². The molecule has 0 bridgehead atoms. The lowest BCUT2D eigenvalue weighted by molar-refractivity contribution is -0.149. The predicted molar refractivity (Wildman–Crippen MR) is 76.1 cm³/mol. The molecule has 0 unspecified atom stereocenters. The van der Waals surface area contributed by atoms with Gasteiger partial charge in [-0.15, -0.1) is 11.3 Å². The van der Waals surface area contributed by atoms with E-state index in [2.05, 4.69) is 0 Å². The topological polar surface area (TPSA) is 55.8 Å². The van der Waals surface area contributed by atoms with E-state index >= 15 is 0 Å². The van der Waals surface area contributed by atoms with Gasteiger partial charge in [-0.3, -0.25) is 9.59 Å². The van der Waals surface area contributed by atoms with E-state index in [4.69, 9.17) is 9.47 Å². The number of methoxy groups -OCH3 is 1. The predicted octanol–water partition coefficient (Wildman–Crippen LogP) is 2.17. The monoisotopic (exact) mass is 297 g/mol. The summed E-state index contributed by atoms with van der Waals surface area (Å²) in [5, 5.41) is 1.81. The highest BCUT2D eigenvalue weighted by Gasteiger charge is 2.30. The third-order valence-electron chi connectivity index (χ3n) is 3.35. The van der Waals surface area contributed by atoms with Crippen molar-refractivity contribution >= 4 is 23.2 Å². The molecule has 2 rings (SSSR count). The van der Waals surface area contributed by atoms with Gasteiger partial charge in [-0.1, -0.05) is 0 Å². The molecule has 0 spiro atoms. The van der Waals surface area contributed by atoms with Crippen molar-refractivity contribution in [3.63, 3.8) is 0 Å². The lowest BCUT2D eigenvalue weighted by atomic mass is 9.98. The van der Waals surface area contributed by atoms with Crippen LogP contribution >= 0.6 is 11.3 Å². The van der Waals surface area contributed by atoms with Crippen LogP contribution in [0.1, 0.15) is 29.4 Å². The van der Waals surface area contributed by atoms with Crippen LogP contribution < -0.4 is 4.74 Å². The van der Waals surface area contributed by atoms with Crippen LogP contribution in [0, 0.1) is 5.92 Å². The van der Waals surface area contributed by atoms with Crippen LogP contribution in [0.4, 0.5) is 0 Å². The van der Waals surface area contributed by atoms with Crippen molar-refractivity contribution < 1.29 is 19.1 Å². The fraction of sp³-hybridized carbons (Fsp3) is 0.571. The summed E-state index contributed by atoms with van der Waals surface area (Å²) in [6.45, 7) is 3.31. The third-order valence-corrected chi connectivity index (χ3v) is 4.25. The summed E-state index contributed by atoms with van der Waals surface area (Å²) < 4.78 is 10.1. The third kappa shape index (κ3) is 3.30. The molecule has 1 atom stereocenters. The minimum absolute atomic E-state index is 0.0349. The lowest BCUT2D eigenvalue weighted by Gasteiger charge is -2.31. The molecular formula is C14H19NO4S. The quantitative estimate of drug-likeness (QED) is 0.799. The average Bonchev–Trinajstić information content (AvgIpc) is 2.96. The van der Waals surface area contributed by atoms with E-state index in [0.29, 0.717) is 30.3 Å². The highest BCUT2D eigenvalue weighted by atomic mass is 32.1. The van der Waals surface area contributed by atoms with Gasteiger partial charge in [0.1, 0.15) is 5.75 Å². The van der Waals surface area contributed by atoms with Gasteiger partial charge in [0, 0.05) is 24.5 Å². The molecule has 1 aromatic heterocycles. The Balaban J connectivity index is 2.01. The number of amides is 1. The largest absolute Gasteiger partial charge is 0.496 e. The first-order valence-electron chi connectivity index (χ1n) is 6.74. The normalized spacial score (nSPS) is 18.7. The smallest absolute Gasteiger partial charge is 0.310 e. The number of thiophene rings is 1. The van der Waals surface area contributed by atoms with Crippen LogP contribution in [0.15, 0.2) is 11.4 Å². The molecule has 1 saturated heterocycles. The molecule has 110 valence electrons. The summed E-state index contributed by atoms with van der Waals surface area (Å²) in [4.78, 5) is 26.5. The van der Waals surface area contributed by atoms with Crippen LogP contribution in [0.2, 0.25) is 0 Å². The Morgan fingerprint density at radius 3 is 2.95 bits per heavy atom. The zero-order chi connectivity index (χ0) is 14.5. The van der Waals surface area contributed by atoms with E-state index in [1.807, 2.05) is 0 Å². The number of rotatable bonds is 4. The highest BCUT2D eigenvalue weighted by Crippen LogP contribution is 2.25. The molecule has 1 aromatic rings. The Morgan fingerprint density at radius 1 is 1.50 bits per heavy atom. The van der Waals surface area contributed by atoms with Gasteiger partial charge in [0.2, 0.25) is 0 Å². The van der Waals surface area contributed by atoms with Gasteiger partial charge in [-0.2, -0.15) is 0 Å². The summed E-state index contributed by atoms with van der Waals surface area (Å²) in [6.07, 6.45) is 1.62. The molecule has 2 heterocycles. The lowest BCUT2D eigenvalue weighted by Crippen LogP contribution is -2.42. The van der Waals surface area contributed by atoms with Gasteiger partial charge < -0.3 is 14.4 Å². The molecular weight excluding hydrogens is 278 g/mol. The number of esters is 1. The van der Waals surface area contributed by atoms with E-state index in [1.165, 1.54) is 11.3 Å². The van der Waals surface area contributed by atoms with Crippen LogP contribution in [0.5, 0.6) is 5.75 Å². The number of nitrogens with zero attached hydrogens (tertiary/aromatic N) is 1. The molecule has 0 aliphatic carbocycles. The number of ether oxygens (including phenoxy) is 2. The van der Waals surface area contributed by atoms with Crippen LogP contribution in [0.3, 0.4) is 0 Å². The zero-order valence-corrected chi connectivity index (χ0v) is 12.6. The first kappa shape index (κ1) is 14.8. The highest BCUT2D eigenvalue weighted by molar-refractivity contribution is 7.12. The maximum Gasteiger partial charge on any atom is 0.310 e. The number of likely N-dealkylation sites (tertiary alicyclic amines) is 1. The standard InChI is InChI=1S/C14H19NO4S/c1-3-19-14(17)10-5-4-6-15(8-10)13(16)12-7-11(18-2)9-20-12/h7,9-10H,3-6,8H2,1-2H3/t10-/m0/s1. The first-order valence-corrected chi connectivity index (χ1v) is 7.62. The van der Waals surface area contributed by atoms with Crippen molar-refractivity contribution in [3.05, 3.63) is 16.3 Å². The summed E-state index contributed by atoms with van der Waals surface area (Å²) in [5.74, 6) is 0.257. The molecule has 1 aliphatic rings. The SMILES string of the molecule is CCOC(=O)[C@H]1CCCN(C(=O)c2cc(OC)cs2)C1.